The van der Waals surface area contributed by atoms with Crippen LogP contribution in [0.3, 0.4) is 0 Å². The zero-order chi connectivity index (χ0) is 13.1. The van der Waals surface area contributed by atoms with Crippen molar-refractivity contribution in [3.63, 3.8) is 0 Å². The predicted octanol–water partition coefficient (Wildman–Crippen LogP) is 2.48. The highest BCUT2D eigenvalue weighted by Crippen LogP contribution is 2.61. The summed E-state index contributed by atoms with van der Waals surface area (Å²) in [6, 6.07) is 0. The first-order valence-corrected chi connectivity index (χ1v) is 6.93. The molecule has 3 aliphatic carbocycles. The Morgan fingerprint density at radius 2 is 1.95 bits per heavy atom. The van der Waals surface area contributed by atoms with Crippen molar-refractivity contribution in [3.05, 3.63) is 36.1 Å². The standard InChI is InChI=1S/C16H16O3/c17-11-1-4-15(5-2-11)8-13-9-16(10-15)6-3-12(18)7-14(16)19-13/h1-2,4-5,7,13H,3,6,8-10H2/t13-,16-/m0/s1. The molecule has 1 aliphatic heterocycles. The maximum Gasteiger partial charge on any atom is 0.178 e. The van der Waals surface area contributed by atoms with E-state index in [2.05, 4.69) is 0 Å². The van der Waals surface area contributed by atoms with E-state index in [-0.39, 0.29) is 28.5 Å². The van der Waals surface area contributed by atoms with Gasteiger partial charge in [0, 0.05) is 23.3 Å². The van der Waals surface area contributed by atoms with Crippen LogP contribution >= 0.6 is 0 Å². The van der Waals surface area contributed by atoms with Crippen molar-refractivity contribution >= 4 is 11.6 Å². The van der Waals surface area contributed by atoms with Gasteiger partial charge in [0.25, 0.3) is 0 Å². The lowest BCUT2D eigenvalue weighted by molar-refractivity contribution is -0.116. The fraction of sp³-hybridized carbons (Fsp3) is 0.500. The molecule has 3 heteroatoms. The van der Waals surface area contributed by atoms with Gasteiger partial charge in [0.05, 0.1) is 0 Å². The smallest absolute Gasteiger partial charge is 0.178 e. The van der Waals surface area contributed by atoms with E-state index in [0.29, 0.717) is 6.42 Å². The van der Waals surface area contributed by atoms with Crippen LogP contribution < -0.4 is 0 Å². The van der Waals surface area contributed by atoms with E-state index in [4.69, 9.17) is 4.74 Å². The van der Waals surface area contributed by atoms with Gasteiger partial charge in [0.2, 0.25) is 0 Å². The molecule has 1 saturated heterocycles. The van der Waals surface area contributed by atoms with Crippen LogP contribution in [0.2, 0.25) is 0 Å². The van der Waals surface area contributed by atoms with Crippen molar-refractivity contribution in [1.82, 2.24) is 0 Å². The van der Waals surface area contributed by atoms with Crippen molar-refractivity contribution in [1.29, 1.82) is 0 Å². The van der Waals surface area contributed by atoms with Gasteiger partial charge in [0.1, 0.15) is 11.9 Å². The molecule has 0 aromatic heterocycles. The van der Waals surface area contributed by atoms with Crippen LogP contribution in [0.4, 0.5) is 0 Å². The van der Waals surface area contributed by atoms with Crippen LogP contribution in [0.15, 0.2) is 36.1 Å². The third-order valence-corrected chi connectivity index (χ3v) is 5.01. The lowest BCUT2D eigenvalue weighted by Crippen LogP contribution is -2.38. The molecule has 2 fully saturated rings. The lowest BCUT2D eigenvalue weighted by atomic mass is 9.58. The summed E-state index contributed by atoms with van der Waals surface area (Å²) in [6.45, 7) is 0. The number of carbonyl (C=O) groups excluding carboxylic acids is 2. The van der Waals surface area contributed by atoms with Crippen molar-refractivity contribution in [2.24, 2.45) is 10.8 Å². The molecule has 0 unspecified atom stereocenters. The molecule has 0 aromatic rings. The summed E-state index contributed by atoms with van der Waals surface area (Å²) in [4.78, 5) is 22.9. The Morgan fingerprint density at radius 1 is 1.16 bits per heavy atom. The number of hydrogen-bond donors (Lipinski definition) is 0. The second-order valence-electron chi connectivity index (χ2n) is 6.38. The van der Waals surface area contributed by atoms with Crippen LogP contribution in [-0.2, 0) is 14.3 Å². The molecule has 0 N–H and O–H groups in total. The minimum Gasteiger partial charge on any atom is -0.494 e. The van der Waals surface area contributed by atoms with Crippen molar-refractivity contribution in [2.75, 3.05) is 0 Å². The number of rotatable bonds is 0. The summed E-state index contributed by atoms with van der Waals surface area (Å²) in [5.74, 6) is 1.16. The van der Waals surface area contributed by atoms with Gasteiger partial charge in [-0.15, -0.1) is 0 Å². The van der Waals surface area contributed by atoms with Crippen molar-refractivity contribution in [3.8, 4) is 0 Å². The third-order valence-electron chi connectivity index (χ3n) is 5.01. The quantitative estimate of drug-likeness (QED) is 0.668. The van der Waals surface area contributed by atoms with Gasteiger partial charge in [-0.05, 0) is 37.8 Å². The molecule has 2 atom stereocenters. The van der Waals surface area contributed by atoms with Gasteiger partial charge >= 0.3 is 0 Å². The molecule has 1 heterocycles. The van der Waals surface area contributed by atoms with E-state index in [1.165, 1.54) is 0 Å². The first-order chi connectivity index (χ1) is 9.09. The fourth-order valence-electron chi connectivity index (χ4n) is 4.22. The highest BCUT2D eigenvalue weighted by Gasteiger charge is 2.56. The average Bonchev–Trinajstić information content (AvgIpc) is 2.64. The van der Waals surface area contributed by atoms with Gasteiger partial charge < -0.3 is 4.74 Å². The summed E-state index contributed by atoms with van der Waals surface area (Å²) in [5.41, 5.74) is -0.0152. The maximum absolute atomic E-state index is 11.6. The number of fused-ring (bicyclic) bond motifs is 1. The average molecular weight is 256 g/mol. The first kappa shape index (κ1) is 11.2. The van der Waals surface area contributed by atoms with Gasteiger partial charge in [-0.25, -0.2) is 0 Å². The van der Waals surface area contributed by atoms with Crippen molar-refractivity contribution in [2.45, 2.75) is 38.2 Å². The van der Waals surface area contributed by atoms with Gasteiger partial charge in [-0.1, -0.05) is 12.2 Å². The van der Waals surface area contributed by atoms with Gasteiger partial charge in [0.15, 0.2) is 11.6 Å². The minimum atomic E-state index is -0.0488. The van der Waals surface area contributed by atoms with Crippen LogP contribution in [0.1, 0.15) is 32.1 Å². The van der Waals surface area contributed by atoms with E-state index < -0.39 is 0 Å². The maximum atomic E-state index is 11.6. The Morgan fingerprint density at radius 3 is 2.74 bits per heavy atom. The van der Waals surface area contributed by atoms with E-state index in [9.17, 15) is 9.59 Å². The molecule has 2 spiro atoms. The Bertz CT molecular complexity index is 551. The lowest BCUT2D eigenvalue weighted by Gasteiger charge is -2.42. The molecule has 2 bridgehead atoms. The van der Waals surface area contributed by atoms with Crippen LogP contribution in [0, 0.1) is 10.8 Å². The summed E-state index contributed by atoms with van der Waals surface area (Å²) < 4.78 is 5.99. The summed E-state index contributed by atoms with van der Waals surface area (Å²) >= 11 is 0. The number of allylic oxidation sites excluding steroid dienone is 6. The Labute approximate surface area is 112 Å². The monoisotopic (exact) mass is 256 g/mol. The third kappa shape index (κ3) is 1.57. The molecule has 1 saturated carbocycles. The summed E-state index contributed by atoms with van der Waals surface area (Å²) in [5, 5.41) is 0. The molecule has 0 aromatic carbocycles. The normalized spacial score (nSPS) is 38.1. The first-order valence-electron chi connectivity index (χ1n) is 6.93. The molecule has 4 aliphatic rings. The molecule has 0 amide bonds. The number of carbonyl (C=O) groups is 2. The second-order valence-corrected chi connectivity index (χ2v) is 6.38. The minimum absolute atomic E-state index is 0.0336. The molecular weight excluding hydrogens is 240 g/mol. The molecular formula is C16H16O3. The number of ether oxygens (including phenoxy) is 1. The van der Waals surface area contributed by atoms with E-state index in [1.807, 2.05) is 12.2 Å². The fourth-order valence-corrected chi connectivity index (χ4v) is 4.22. The molecule has 4 rings (SSSR count). The zero-order valence-corrected chi connectivity index (χ0v) is 10.7. The SMILES string of the molecule is O=C1C=CC2(C=C1)C[C@H]1C[C@@]3(CCC(=O)C=C3O1)C2. The molecule has 0 radical (unpaired) electrons. The van der Waals surface area contributed by atoms with Crippen LogP contribution in [-0.4, -0.2) is 17.7 Å². The summed E-state index contributed by atoms with van der Waals surface area (Å²) in [6.07, 6.45) is 13.8. The number of ketones is 2. The van der Waals surface area contributed by atoms with Crippen molar-refractivity contribution < 1.29 is 14.3 Å². The van der Waals surface area contributed by atoms with Crippen LogP contribution in [0.5, 0.6) is 0 Å². The Balaban J connectivity index is 1.74. The molecule has 3 nitrogen and oxygen atoms in total. The molecule has 98 valence electrons. The van der Waals surface area contributed by atoms with E-state index >= 15 is 0 Å². The predicted molar refractivity (Wildman–Crippen MR) is 69.2 cm³/mol. The summed E-state index contributed by atoms with van der Waals surface area (Å²) in [7, 11) is 0. The van der Waals surface area contributed by atoms with Gasteiger partial charge in [-0.2, -0.15) is 0 Å². The highest BCUT2D eigenvalue weighted by atomic mass is 16.5. The van der Waals surface area contributed by atoms with Gasteiger partial charge in [-0.3, -0.25) is 9.59 Å². The van der Waals surface area contributed by atoms with E-state index in [1.54, 1.807) is 18.2 Å². The Kier molecular flexibility index (Phi) is 2.05. The largest absolute Gasteiger partial charge is 0.494 e. The Hall–Kier alpha value is -1.64. The second kappa shape index (κ2) is 3.47. The van der Waals surface area contributed by atoms with Crippen LogP contribution in [0.25, 0.3) is 0 Å². The number of hydrogen-bond acceptors (Lipinski definition) is 3. The highest BCUT2D eigenvalue weighted by molar-refractivity contribution is 6.00. The molecule has 19 heavy (non-hydrogen) atoms. The van der Waals surface area contributed by atoms with E-state index in [0.717, 1.165) is 31.4 Å². The topological polar surface area (TPSA) is 43.4 Å². The zero-order valence-electron chi connectivity index (χ0n) is 10.7.